The van der Waals surface area contributed by atoms with Crippen LogP contribution in [0, 0.1) is 0 Å². The highest BCUT2D eigenvalue weighted by molar-refractivity contribution is 5.95. The monoisotopic (exact) mass is 467 g/mol. The molecular weight excluding hydrogens is 442 g/mol. The Kier molecular flexibility index (Phi) is 6.61. The van der Waals surface area contributed by atoms with Gasteiger partial charge in [-0.2, -0.15) is 0 Å². The minimum Gasteiger partial charge on any atom is -0.497 e. The summed E-state index contributed by atoms with van der Waals surface area (Å²) in [5.74, 6) is 2.08. The van der Waals surface area contributed by atoms with Gasteiger partial charge in [-0.05, 0) is 49.2 Å². The van der Waals surface area contributed by atoms with Gasteiger partial charge in [0.2, 0.25) is 5.88 Å². The second-order valence-corrected chi connectivity index (χ2v) is 8.36. The van der Waals surface area contributed by atoms with E-state index >= 15 is 0 Å². The summed E-state index contributed by atoms with van der Waals surface area (Å²) in [5, 5.41) is 0. The average molecular weight is 468 g/mol. The number of nitrogens with zero attached hydrogens (tertiary/aromatic N) is 5. The molecule has 5 rings (SSSR count). The molecule has 0 N–H and O–H groups in total. The highest BCUT2D eigenvalue weighted by atomic mass is 16.5. The zero-order valence-corrected chi connectivity index (χ0v) is 19.4. The Bertz CT molecular complexity index is 1300. The predicted molar refractivity (Wildman–Crippen MR) is 130 cm³/mol. The van der Waals surface area contributed by atoms with E-state index in [2.05, 4.69) is 15.0 Å². The summed E-state index contributed by atoms with van der Waals surface area (Å²) in [4.78, 5) is 32.3. The fraction of sp³-hybridized carbons (Fsp3) is 0.222. The van der Waals surface area contributed by atoms with Crippen molar-refractivity contribution in [2.24, 2.45) is 0 Å². The second-order valence-electron chi connectivity index (χ2n) is 8.36. The van der Waals surface area contributed by atoms with Gasteiger partial charge in [0, 0.05) is 66.7 Å². The van der Waals surface area contributed by atoms with Crippen molar-refractivity contribution in [2.45, 2.75) is 18.8 Å². The van der Waals surface area contributed by atoms with Crippen molar-refractivity contribution < 1.29 is 14.3 Å². The Hall–Kier alpha value is -4.33. The molecule has 1 aliphatic heterocycles. The number of carbonyl (C=O) groups excluding carboxylic acids is 1. The molecule has 1 fully saturated rings. The van der Waals surface area contributed by atoms with Crippen LogP contribution >= 0.6 is 0 Å². The first-order valence-corrected chi connectivity index (χ1v) is 11.5. The van der Waals surface area contributed by atoms with Gasteiger partial charge in [0.25, 0.3) is 5.91 Å². The molecule has 4 aromatic rings. The Labute approximate surface area is 203 Å². The summed E-state index contributed by atoms with van der Waals surface area (Å²) >= 11 is 0. The molecule has 0 bridgehead atoms. The number of ether oxygens (including phenoxy) is 2. The number of aromatic nitrogens is 4. The number of methoxy groups -OCH3 is 1. The van der Waals surface area contributed by atoms with E-state index in [1.807, 2.05) is 53.4 Å². The van der Waals surface area contributed by atoms with Crippen LogP contribution in [-0.2, 0) is 0 Å². The first-order chi connectivity index (χ1) is 17.2. The largest absolute Gasteiger partial charge is 0.497 e. The van der Waals surface area contributed by atoms with Gasteiger partial charge in [-0.3, -0.25) is 9.78 Å². The molecule has 0 spiro atoms. The van der Waals surface area contributed by atoms with Gasteiger partial charge in [0.05, 0.1) is 12.7 Å². The van der Waals surface area contributed by atoms with Gasteiger partial charge in [0.15, 0.2) is 0 Å². The Morgan fingerprint density at radius 1 is 0.943 bits per heavy atom. The lowest BCUT2D eigenvalue weighted by Gasteiger charge is -2.32. The smallest absolute Gasteiger partial charge is 0.255 e. The van der Waals surface area contributed by atoms with Gasteiger partial charge in [-0.1, -0.05) is 6.07 Å². The number of hydrogen-bond acceptors (Lipinski definition) is 7. The number of likely N-dealkylation sites (tertiary alicyclic amines) is 1. The number of amides is 1. The first kappa shape index (κ1) is 22.5. The van der Waals surface area contributed by atoms with Crippen LogP contribution in [0.3, 0.4) is 0 Å². The third-order valence-corrected chi connectivity index (χ3v) is 6.03. The molecule has 8 heteroatoms. The van der Waals surface area contributed by atoms with Crippen LogP contribution in [0.4, 0.5) is 0 Å². The lowest BCUT2D eigenvalue weighted by molar-refractivity contribution is 0.0705. The van der Waals surface area contributed by atoms with Crippen molar-refractivity contribution >= 4 is 5.91 Å². The van der Waals surface area contributed by atoms with E-state index in [1.54, 1.807) is 31.9 Å². The molecule has 1 atom stereocenters. The summed E-state index contributed by atoms with van der Waals surface area (Å²) in [6.45, 7) is 1.30. The average Bonchev–Trinajstić information content (AvgIpc) is 2.94. The minimum atomic E-state index is -0.0356. The number of rotatable bonds is 6. The Morgan fingerprint density at radius 3 is 2.51 bits per heavy atom. The minimum absolute atomic E-state index is 0.0356. The van der Waals surface area contributed by atoms with Crippen molar-refractivity contribution in [3.05, 3.63) is 90.9 Å². The highest BCUT2D eigenvalue weighted by Gasteiger charge is 2.27. The standard InChI is InChI=1S/C27H25N5O3/c1-34-23-7-9-24(10-8-23)35-26-6-2-5-25(31-26)19-4-3-11-32(17-19)27(33)21-12-20(13-28-14-21)22-15-29-18-30-16-22/h2,5-10,12-16,18-19H,3-4,11,17H2,1H3/t19-/m1/s1. The Balaban J connectivity index is 1.29. The van der Waals surface area contributed by atoms with Crippen LogP contribution in [0.25, 0.3) is 11.1 Å². The van der Waals surface area contributed by atoms with Crippen LogP contribution in [0.1, 0.15) is 34.8 Å². The van der Waals surface area contributed by atoms with Crippen LogP contribution in [0.5, 0.6) is 17.4 Å². The van der Waals surface area contributed by atoms with E-state index in [0.717, 1.165) is 35.4 Å². The topological polar surface area (TPSA) is 90.3 Å². The third-order valence-electron chi connectivity index (χ3n) is 6.03. The Morgan fingerprint density at radius 2 is 1.71 bits per heavy atom. The number of benzene rings is 1. The van der Waals surface area contributed by atoms with Crippen molar-refractivity contribution in [2.75, 3.05) is 20.2 Å². The number of piperidine rings is 1. The number of carbonyl (C=O) groups is 1. The molecule has 0 radical (unpaired) electrons. The maximum absolute atomic E-state index is 13.3. The van der Waals surface area contributed by atoms with Crippen molar-refractivity contribution in [1.82, 2.24) is 24.8 Å². The molecule has 8 nitrogen and oxygen atoms in total. The van der Waals surface area contributed by atoms with Crippen molar-refractivity contribution in [3.63, 3.8) is 0 Å². The van der Waals surface area contributed by atoms with Crippen LogP contribution < -0.4 is 9.47 Å². The highest BCUT2D eigenvalue weighted by Crippen LogP contribution is 2.29. The molecule has 4 heterocycles. The van der Waals surface area contributed by atoms with E-state index in [9.17, 15) is 4.79 Å². The third kappa shape index (κ3) is 5.27. The van der Waals surface area contributed by atoms with Crippen LogP contribution in [0.15, 0.2) is 79.6 Å². The quantitative estimate of drug-likeness (QED) is 0.404. The van der Waals surface area contributed by atoms with Gasteiger partial charge in [-0.25, -0.2) is 15.0 Å². The van der Waals surface area contributed by atoms with Crippen LogP contribution in [-0.4, -0.2) is 50.9 Å². The summed E-state index contributed by atoms with van der Waals surface area (Å²) in [6, 6.07) is 15.0. The first-order valence-electron chi connectivity index (χ1n) is 11.5. The molecule has 0 saturated carbocycles. The molecule has 3 aromatic heterocycles. The number of hydrogen-bond donors (Lipinski definition) is 0. The molecule has 0 aliphatic carbocycles. The molecule has 1 aliphatic rings. The summed E-state index contributed by atoms with van der Waals surface area (Å²) < 4.78 is 11.1. The van der Waals surface area contributed by atoms with Crippen molar-refractivity contribution in [3.8, 4) is 28.5 Å². The molecular formula is C27H25N5O3. The SMILES string of the molecule is COc1ccc(Oc2cccc([C@@H]3CCCN(C(=O)c4cncc(-c5cncnc5)c4)C3)n2)cc1. The molecule has 1 amide bonds. The zero-order chi connectivity index (χ0) is 24.0. The van der Waals surface area contributed by atoms with E-state index in [1.165, 1.54) is 6.33 Å². The fourth-order valence-electron chi connectivity index (χ4n) is 4.23. The normalized spacial score (nSPS) is 15.5. The van der Waals surface area contributed by atoms with E-state index in [0.29, 0.717) is 30.3 Å². The fourth-order valence-corrected chi connectivity index (χ4v) is 4.23. The van der Waals surface area contributed by atoms with Gasteiger partial charge < -0.3 is 14.4 Å². The van der Waals surface area contributed by atoms with E-state index < -0.39 is 0 Å². The lowest BCUT2D eigenvalue weighted by Crippen LogP contribution is -2.39. The van der Waals surface area contributed by atoms with Gasteiger partial charge in [-0.15, -0.1) is 0 Å². The van der Waals surface area contributed by atoms with Crippen molar-refractivity contribution in [1.29, 1.82) is 0 Å². The second kappa shape index (κ2) is 10.3. The summed E-state index contributed by atoms with van der Waals surface area (Å²) in [6.07, 6.45) is 10.1. The maximum Gasteiger partial charge on any atom is 0.255 e. The number of pyridine rings is 2. The molecule has 0 unspecified atom stereocenters. The molecule has 35 heavy (non-hydrogen) atoms. The van der Waals surface area contributed by atoms with Gasteiger partial charge >= 0.3 is 0 Å². The summed E-state index contributed by atoms with van der Waals surface area (Å²) in [5.41, 5.74) is 3.11. The van der Waals surface area contributed by atoms with Crippen LogP contribution in [0.2, 0.25) is 0 Å². The maximum atomic E-state index is 13.3. The van der Waals surface area contributed by atoms with E-state index in [-0.39, 0.29) is 11.8 Å². The lowest BCUT2D eigenvalue weighted by atomic mass is 9.93. The van der Waals surface area contributed by atoms with Gasteiger partial charge in [0.1, 0.15) is 17.8 Å². The molecule has 1 saturated heterocycles. The van der Waals surface area contributed by atoms with E-state index in [4.69, 9.17) is 14.5 Å². The predicted octanol–water partition coefficient (Wildman–Crippen LogP) is 4.75. The summed E-state index contributed by atoms with van der Waals surface area (Å²) in [7, 11) is 1.63. The molecule has 176 valence electrons. The molecule has 1 aromatic carbocycles. The zero-order valence-electron chi connectivity index (χ0n) is 19.4.